The van der Waals surface area contributed by atoms with Gasteiger partial charge in [-0.2, -0.15) is 4.31 Å². The first-order valence-electron chi connectivity index (χ1n) is 7.38. The highest BCUT2D eigenvalue weighted by Crippen LogP contribution is 2.46. The van der Waals surface area contributed by atoms with E-state index in [-0.39, 0.29) is 9.37 Å². The molecule has 1 aliphatic carbocycles. The first-order chi connectivity index (χ1) is 9.93. The molecule has 3 rings (SSSR count). The van der Waals surface area contributed by atoms with Crippen LogP contribution < -0.4 is 0 Å². The third-order valence-corrected chi connectivity index (χ3v) is 7.51. The normalized spacial score (nSPS) is 22.8. The lowest BCUT2D eigenvalue weighted by Crippen LogP contribution is -2.42. The number of sulfonamides is 1. The smallest absolute Gasteiger partial charge is 0.207 e. The summed E-state index contributed by atoms with van der Waals surface area (Å²) in [6.07, 6.45) is 6.87. The lowest BCUT2D eigenvalue weighted by Gasteiger charge is -2.38. The minimum atomic E-state index is -3.58. The van der Waals surface area contributed by atoms with Gasteiger partial charge in [0.05, 0.1) is 9.37 Å². The summed E-state index contributed by atoms with van der Waals surface area (Å²) < 4.78 is 40.6. The lowest BCUT2D eigenvalue weighted by atomic mass is 9.78. The van der Waals surface area contributed by atoms with E-state index in [9.17, 15) is 12.8 Å². The van der Waals surface area contributed by atoms with Crippen LogP contribution in [0.3, 0.4) is 0 Å². The highest BCUT2D eigenvalue weighted by molar-refractivity contribution is 9.10. The molecule has 2 aliphatic rings. The standard InChI is InChI=1S/C15H19BrFNO2S/c16-13-4-3-12(11-14(13)17)21(19,20)18-9-7-15(8-10-18)5-1-2-6-15/h3-4,11H,1-2,5-10H2. The van der Waals surface area contributed by atoms with Gasteiger partial charge in [-0.25, -0.2) is 12.8 Å². The van der Waals surface area contributed by atoms with E-state index < -0.39 is 15.8 Å². The van der Waals surface area contributed by atoms with Crippen molar-refractivity contribution in [2.24, 2.45) is 5.41 Å². The van der Waals surface area contributed by atoms with E-state index in [1.54, 1.807) is 0 Å². The van der Waals surface area contributed by atoms with Crippen LogP contribution in [-0.4, -0.2) is 25.8 Å². The van der Waals surface area contributed by atoms with Gasteiger partial charge in [0.2, 0.25) is 10.0 Å². The van der Waals surface area contributed by atoms with Crippen molar-refractivity contribution >= 4 is 26.0 Å². The van der Waals surface area contributed by atoms with Crippen molar-refractivity contribution < 1.29 is 12.8 Å². The Balaban J connectivity index is 1.78. The number of piperidine rings is 1. The van der Waals surface area contributed by atoms with E-state index >= 15 is 0 Å². The second kappa shape index (κ2) is 5.63. The largest absolute Gasteiger partial charge is 0.243 e. The molecule has 0 aromatic heterocycles. The highest BCUT2D eigenvalue weighted by atomic mass is 79.9. The van der Waals surface area contributed by atoms with Crippen molar-refractivity contribution in [1.29, 1.82) is 0 Å². The van der Waals surface area contributed by atoms with Crippen LogP contribution >= 0.6 is 15.9 Å². The third kappa shape index (κ3) is 2.90. The molecule has 1 aromatic rings. The molecule has 0 radical (unpaired) electrons. The van der Waals surface area contributed by atoms with E-state index in [2.05, 4.69) is 15.9 Å². The van der Waals surface area contributed by atoms with Gasteiger partial charge in [-0.05, 0) is 65.2 Å². The number of nitrogens with zero attached hydrogens (tertiary/aromatic N) is 1. The Hall–Kier alpha value is -0.460. The number of hydrogen-bond acceptors (Lipinski definition) is 2. The van der Waals surface area contributed by atoms with Gasteiger partial charge in [0, 0.05) is 13.1 Å². The molecule has 2 fully saturated rings. The maximum Gasteiger partial charge on any atom is 0.243 e. The Kier molecular flexibility index (Phi) is 4.14. The van der Waals surface area contributed by atoms with Crippen molar-refractivity contribution in [3.8, 4) is 0 Å². The van der Waals surface area contributed by atoms with Gasteiger partial charge in [-0.1, -0.05) is 12.8 Å². The fraction of sp³-hybridized carbons (Fsp3) is 0.600. The first-order valence-corrected chi connectivity index (χ1v) is 9.62. The summed E-state index contributed by atoms with van der Waals surface area (Å²) in [7, 11) is -3.58. The molecule has 1 aliphatic heterocycles. The van der Waals surface area contributed by atoms with E-state index in [1.165, 1.54) is 42.1 Å². The average molecular weight is 376 g/mol. The summed E-state index contributed by atoms with van der Waals surface area (Å²) in [5.41, 5.74) is 0.372. The van der Waals surface area contributed by atoms with Crippen LogP contribution in [0.5, 0.6) is 0 Å². The molecule has 6 heteroatoms. The molecule has 1 spiro atoms. The molecule has 0 amide bonds. The van der Waals surface area contributed by atoms with E-state index in [0.717, 1.165) is 18.9 Å². The predicted molar refractivity (Wildman–Crippen MR) is 83.0 cm³/mol. The Morgan fingerprint density at radius 1 is 1.10 bits per heavy atom. The summed E-state index contributed by atoms with van der Waals surface area (Å²) in [5.74, 6) is -0.541. The van der Waals surface area contributed by atoms with Gasteiger partial charge in [0.1, 0.15) is 5.82 Å². The molecule has 3 nitrogen and oxygen atoms in total. The Bertz CT molecular complexity index is 631. The molecule has 0 unspecified atom stereocenters. The fourth-order valence-electron chi connectivity index (χ4n) is 3.61. The van der Waals surface area contributed by atoms with Crippen LogP contribution in [0.15, 0.2) is 27.6 Å². The Morgan fingerprint density at radius 3 is 2.29 bits per heavy atom. The van der Waals surface area contributed by atoms with Gasteiger partial charge >= 0.3 is 0 Å². The molecule has 116 valence electrons. The zero-order chi connectivity index (χ0) is 15.1. The third-order valence-electron chi connectivity index (χ3n) is 4.98. The zero-order valence-electron chi connectivity index (χ0n) is 11.8. The molecule has 0 bridgehead atoms. The van der Waals surface area contributed by atoms with Crippen LogP contribution in [-0.2, 0) is 10.0 Å². The van der Waals surface area contributed by atoms with E-state index in [1.807, 2.05) is 0 Å². The van der Waals surface area contributed by atoms with Gasteiger partial charge in [-0.3, -0.25) is 0 Å². The molecule has 0 N–H and O–H groups in total. The van der Waals surface area contributed by atoms with Gasteiger partial charge in [0.15, 0.2) is 0 Å². The summed E-state index contributed by atoms with van der Waals surface area (Å²) in [6.45, 7) is 1.11. The second-order valence-corrected chi connectivity index (χ2v) is 8.98. The molecular formula is C15H19BrFNO2S. The fourth-order valence-corrected chi connectivity index (χ4v) is 5.31. The predicted octanol–water partition coefficient (Wildman–Crippen LogP) is 3.93. The molecule has 21 heavy (non-hydrogen) atoms. The zero-order valence-corrected chi connectivity index (χ0v) is 14.2. The monoisotopic (exact) mass is 375 g/mol. The molecule has 1 saturated heterocycles. The lowest BCUT2D eigenvalue weighted by molar-refractivity contribution is 0.160. The average Bonchev–Trinajstić information content (AvgIpc) is 2.90. The number of benzene rings is 1. The van der Waals surface area contributed by atoms with Crippen LogP contribution in [0.4, 0.5) is 4.39 Å². The van der Waals surface area contributed by atoms with Crippen LogP contribution in [0.1, 0.15) is 38.5 Å². The van der Waals surface area contributed by atoms with Crippen molar-refractivity contribution in [1.82, 2.24) is 4.31 Å². The van der Waals surface area contributed by atoms with Crippen molar-refractivity contribution in [3.05, 3.63) is 28.5 Å². The molecule has 1 heterocycles. The van der Waals surface area contributed by atoms with Crippen LogP contribution in [0.25, 0.3) is 0 Å². The number of rotatable bonds is 2. The van der Waals surface area contributed by atoms with Gasteiger partial charge in [-0.15, -0.1) is 0 Å². The van der Waals surface area contributed by atoms with Gasteiger partial charge < -0.3 is 0 Å². The Morgan fingerprint density at radius 2 is 1.71 bits per heavy atom. The summed E-state index contributed by atoms with van der Waals surface area (Å²) in [5, 5.41) is 0. The van der Waals surface area contributed by atoms with E-state index in [4.69, 9.17) is 0 Å². The van der Waals surface area contributed by atoms with Crippen molar-refractivity contribution in [3.63, 3.8) is 0 Å². The number of hydrogen-bond donors (Lipinski definition) is 0. The van der Waals surface area contributed by atoms with Gasteiger partial charge in [0.25, 0.3) is 0 Å². The van der Waals surface area contributed by atoms with Crippen LogP contribution in [0.2, 0.25) is 0 Å². The topological polar surface area (TPSA) is 37.4 Å². The molecule has 1 saturated carbocycles. The molecular weight excluding hydrogens is 357 g/mol. The first kappa shape index (κ1) is 15.4. The van der Waals surface area contributed by atoms with Crippen molar-refractivity contribution in [2.75, 3.05) is 13.1 Å². The minimum absolute atomic E-state index is 0.0468. The number of halogens is 2. The summed E-state index contributed by atoms with van der Waals surface area (Å²) in [4.78, 5) is 0.0468. The minimum Gasteiger partial charge on any atom is -0.207 e. The molecule has 0 atom stereocenters. The maximum atomic E-state index is 13.6. The molecule has 1 aromatic carbocycles. The van der Waals surface area contributed by atoms with Crippen LogP contribution in [0, 0.1) is 11.2 Å². The Labute approximate surface area is 133 Å². The maximum absolute atomic E-state index is 13.6. The quantitative estimate of drug-likeness (QED) is 0.784. The second-order valence-electron chi connectivity index (χ2n) is 6.19. The van der Waals surface area contributed by atoms with E-state index in [0.29, 0.717) is 18.5 Å². The summed E-state index contributed by atoms with van der Waals surface area (Å²) >= 11 is 3.05. The highest BCUT2D eigenvalue weighted by Gasteiger charge is 2.40. The SMILES string of the molecule is O=S(=O)(c1ccc(Br)c(F)c1)N1CCC2(CCCC2)CC1. The summed E-state index contributed by atoms with van der Waals surface area (Å²) in [6, 6.07) is 4.01. The van der Waals surface area contributed by atoms with Crippen molar-refractivity contribution in [2.45, 2.75) is 43.4 Å².